The van der Waals surface area contributed by atoms with Gasteiger partial charge in [0.05, 0.1) is 5.69 Å². The number of rotatable bonds is 3. The molecule has 1 atom stereocenters. The number of carbonyl (C=O) groups excluding carboxylic acids is 2. The molecule has 3 heterocycles. The van der Waals surface area contributed by atoms with E-state index in [9.17, 15) is 9.59 Å². The number of hydrogen-bond acceptors (Lipinski definition) is 4. The van der Waals surface area contributed by atoms with E-state index >= 15 is 0 Å². The third kappa shape index (κ3) is 3.35. The molecule has 136 valence electrons. The van der Waals surface area contributed by atoms with E-state index in [0.717, 1.165) is 24.1 Å². The quantitative estimate of drug-likeness (QED) is 0.907. The van der Waals surface area contributed by atoms with Crippen LogP contribution in [0.2, 0.25) is 0 Å². The Morgan fingerprint density at radius 3 is 2.50 bits per heavy atom. The molecule has 2 aromatic rings. The predicted octanol–water partition coefficient (Wildman–Crippen LogP) is 1.54. The number of nitrogens with one attached hydrogen (secondary N) is 1. The third-order valence-electron chi connectivity index (χ3n) is 4.96. The maximum atomic E-state index is 12.7. The van der Waals surface area contributed by atoms with Gasteiger partial charge in [-0.15, -0.1) is 0 Å². The molecule has 0 radical (unpaired) electrons. The second-order valence-electron chi connectivity index (χ2n) is 6.65. The summed E-state index contributed by atoms with van der Waals surface area (Å²) in [5.74, 6) is -0.0219. The van der Waals surface area contributed by atoms with Crippen molar-refractivity contribution in [2.75, 3.05) is 32.8 Å². The molecule has 26 heavy (non-hydrogen) atoms. The molecule has 0 spiro atoms. The Morgan fingerprint density at radius 2 is 1.81 bits per heavy atom. The van der Waals surface area contributed by atoms with Crippen molar-refractivity contribution in [3.8, 4) is 11.3 Å². The maximum Gasteiger partial charge on any atom is 0.272 e. The van der Waals surface area contributed by atoms with Crippen LogP contribution in [-0.2, 0) is 9.53 Å². The third-order valence-corrected chi connectivity index (χ3v) is 4.96. The minimum absolute atomic E-state index is 0.0579. The molecular weight excluding hydrogens is 332 g/mol. The van der Waals surface area contributed by atoms with E-state index < -0.39 is 0 Å². The fraction of sp³-hybridized carbons (Fsp3) is 0.421. The summed E-state index contributed by atoms with van der Waals surface area (Å²) in [5, 5.41) is 7.08. The number of H-pyrrole nitrogens is 1. The summed E-state index contributed by atoms with van der Waals surface area (Å²) < 4.78 is 5.47. The molecule has 2 aliphatic rings. The van der Waals surface area contributed by atoms with Crippen molar-refractivity contribution >= 4 is 11.8 Å². The first-order valence-electron chi connectivity index (χ1n) is 9.03. The van der Waals surface area contributed by atoms with Crippen LogP contribution in [0.3, 0.4) is 0 Å². The molecule has 0 bridgehead atoms. The first-order chi connectivity index (χ1) is 12.7. The summed E-state index contributed by atoms with van der Waals surface area (Å²) >= 11 is 0. The number of piperazine rings is 1. The van der Waals surface area contributed by atoms with E-state index in [1.165, 1.54) is 0 Å². The minimum Gasteiger partial charge on any atom is -0.368 e. The Bertz CT molecular complexity index is 775. The molecule has 2 fully saturated rings. The van der Waals surface area contributed by atoms with Gasteiger partial charge in [-0.2, -0.15) is 5.10 Å². The first kappa shape index (κ1) is 16.8. The second-order valence-corrected chi connectivity index (χ2v) is 6.65. The number of aromatic amines is 1. The zero-order valence-electron chi connectivity index (χ0n) is 14.6. The van der Waals surface area contributed by atoms with Gasteiger partial charge < -0.3 is 14.5 Å². The van der Waals surface area contributed by atoms with Gasteiger partial charge in [-0.05, 0) is 18.9 Å². The van der Waals surface area contributed by atoms with Crippen LogP contribution in [-0.4, -0.2) is 70.7 Å². The van der Waals surface area contributed by atoms with Crippen LogP contribution in [0.1, 0.15) is 23.3 Å². The Hall–Kier alpha value is -2.67. The van der Waals surface area contributed by atoms with Crippen molar-refractivity contribution in [1.82, 2.24) is 20.0 Å². The SMILES string of the molecule is O=C(c1cc(-c2ccccc2)n[nH]1)N1CCN(C(=O)C2CCCO2)CC1. The zero-order chi connectivity index (χ0) is 17.9. The van der Waals surface area contributed by atoms with Gasteiger partial charge in [-0.3, -0.25) is 14.7 Å². The highest BCUT2D eigenvalue weighted by atomic mass is 16.5. The van der Waals surface area contributed by atoms with Crippen LogP contribution >= 0.6 is 0 Å². The van der Waals surface area contributed by atoms with E-state index in [1.807, 2.05) is 35.2 Å². The highest BCUT2D eigenvalue weighted by molar-refractivity contribution is 5.93. The molecule has 1 aromatic carbocycles. The monoisotopic (exact) mass is 354 g/mol. The van der Waals surface area contributed by atoms with Crippen LogP contribution in [0, 0.1) is 0 Å². The molecule has 2 aliphatic heterocycles. The largest absolute Gasteiger partial charge is 0.368 e. The maximum absolute atomic E-state index is 12.7. The average Bonchev–Trinajstić information content (AvgIpc) is 3.40. The number of benzene rings is 1. The molecule has 1 aromatic heterocycles. The van der Waals surface area contributed by atoms with Crippen LogP contribution in [0.25, 0.3) is 11.3 Å². The van der Waals surface area contributed by atoms with Gasteiger partial charge in [0.2, 0.25) is 0 Å². The number of aromatic nitrogens is 2. The number of hydrogen-bond donors (Lipinski definition) is 1. The van der Waals surface area contributed by atoms with Crippen LogP contribution in [0.15, 0.2) is 36.4 Å². The summed E-state index contributed by atoms with van der Waals surface area (Å²) in [6.45, 7) is 2.81. The van der Waals surface area contributed by atoms with Gasteiger partial charge >= 0.3 is 0 Å². The van der Waals surface area contributed by atoms with Gasteiger partial charge in [-0.1, -0.05) is 30.3 Å². The first-order valence-corrected chi connectivity index (χ1v) is 9.03. The summed E-state index contributed by atoms with van der Waals surface area (Å²) in [6, 6.07) is 11.5. The Morgan fingerprint density at radius 1 is 1.08 bits per heavy atom. The molecule has 4 rings (SSSR count). The van der Waals surface area contributed by atoms with Crippen molar-refractivity contribution in [2.24, 2.45) is 0 Å². The lowest BCUT2D eigenvalue weighted by Gasteiger charge is -2.35. The van der Waals surface area contributed by atoms with Crippen molar-refractivity contribution in [3.05, 3.63) is 42.1 Å². The highest BCUT2D eigenvalue weighted by Crippen LogP contribution is 2.19. The minimum atomic E-state index is -0.293. The fourth-order valence-electron chi connectivity index (χ4n) is 3.46. The second kappa shape index (κ2) is 7.29. The van der Waals surface area contributed by atoms with E-state index in [2.05, 4.69) is 10.2 Å². The van der Waals surface area contributed by atoms with Gasteiger partial charge in [0.15, 0.2) is 0 Å². The molecular formula is C19H22N4O3. The number of ether oxygens (including phenoxy) is 1. The number of carbonyl (C=O) groups is 2. The summed E-state index contributed by atoms with van der Waals surface area (Å²) in [5.41, 5.74) is 2.19. The van der Waals surface area contributed by atoms with Crippen molar-refractivity contribution in [2.45, 2.75) is 18.9 Å². The lowest BCUT2D eigenvalue weighted by atomic mass is 10.1. The molecule has 0 saturated carbocycles. The standard InChI is InChI=1S/C19H22N4O3/c24-18(16-13-15(20-21-16)14-5-2-1-3-6-14)22-8-10-23(11-9-22)19(25)17-7-4-12-26-17/h1-3,5-6,13,17H,4,7-12H2,(H,20,21). The van der Waals surface area contributed by atoms with Crippen LogP contribution < -0.4 is 0 Å². The van der Waals surface area contributed by atoms with Gasteiger partial charge in [0.25, 0.3) is 11.8 Å². The molecule has 2 saturated heterocycles. The molecule has 2 amide bonds. The molecule has 7 heteroatoms. The van der Waals surface area contributed by atoms with Crippen molar-refractivity contribution in [1.29, 1.82) is 0 Å². The summed E-state index contributed by atoms with van der Waals surface area (Å²) in [4.78, 5) is 28.7. The van der Waals surface area contributed by atoms with Gasteiger partial charge in [-0.25, -0.2) is 0 Å². The normalized spacial score (nSPS) is 20.4. The van der Waals surface area contributed by atoms with Crippen LogP contribution in [0.5, 0.6) is 0 Å². The van der Waals surface area contributed by atoms with E-state index in [0.29, 0.717) is 38.5 Å². The van der Waals surface area contributed by atoms with E-state index in [1.54, 1.807) is 11.0 Å². The Labute approximate surface area is 151 Å². The average molecular weight is 354 g/mol. The summed E-state index contributed by atoms with van der Waals surface area (Å²) in [6.07, 6.45) is 1.45. The lowest BCUT2D eigenvalue weighted by Crippen LogP contribution is -2.52. The molecule has 1 N–H and O–H groups in total. The highest BCUT2D eigenvalue weighted by Gasteiger charge is 2.31. The van der Waals surface area contributed by atoms with Gasteiger partial charge in [0, 0.05) is 38.3 Å². The molecule has 0 aliphatic carbocycles. The zero-order valence-corrected chi connectivity index (χ0v) is 14.6. The Kier molecular flexibility index (Phi) is 4.71. The Balaban J connectivity index is 1.36. The molecule has 1 unspecified atom stereocenters. The molecule has 7 nitrogen and oxygen atoms in total. The predicted molar refractivity (Wildman–Crippen MR) is 95.5 cm³/mol. The smallest absolute Gasteiger partial charge is 0.272 e. The van der Waals surface area contributed by atoms with Crippen LogP contribution in [0.4, 0.5) is 0 Å². The van der Waals surface area contributed by atoms with Gasteiger partial charge in [0.1, 0.15) is 11.8 Å². The van der Waals surface area contributed by atoms with E-state index in [-0.39, 0.29) is 17.9 Å². The van der Waals surface area contributed by atoms with E-state index in [4.69, 9.17) is 4.74 Å². The lowest BCUT2D eigenvalue weighted by molar-refractivity contribution is -0.142. The number of nitrogens with zero attached hydrogens (tertiary/aromatic N) is 3. The summed E-state index contributed by atoms with van der Waals surface area (Å²) in [7, 11) is 0. The fourth-order valence-corrected chi connectivity index (χ4v) is 3.46. The topological polar surface area (TPSA) is 78.5 Å². The van der Waals surface area contributed by atoms with Crippen molar-refractivity contribution in [3.63, 3.8) is 0 Å². The van der Waals surface area contributed by atoms with Crippen molar-refractivity contribution < 1.29 is 14.3 Å². The number of amides is 2.